The molecule has 1 atom stereocenters. The van der Waals surface area contributed by atoms with Gasteiger partial charge in [-0.1, -0.05) is 66.7 Å². The first-order valence-corrected chi connectivity index (χ1v) is 10.8. The highest BCUT2D eigenvalue weighted by atomic mass is 16.6. The molecule has 0 aliphatic rings. The largest absolute Gasteiger partial charge is 0.464 e. The van der Waals surface area contributed by atoms with Crippen LogP contribution in [0.2, 0.25) is 0 Å². The zero-order valence-corrected chi connectivity index (χ0v) is 19.0. The van der Waals surface area contributed by atoms with Crippen molar-refractivity contribution in [2.45, 2.75) is 40.3 Å². The Hall–Kier alpha value is -3.60. The van der Waals surface area contributed by atoms with Crippen molar-refractivity contribution in [1.82, 2.24) is 0 Å². The number of benzene rings is 3. The molecule has 3 aromatic carbocycles. The first-order valence-electron chi connectivity index (χ1n) is 10.8. The summed E-state index contributed by atoms with van der Waals surface area (Å²) in [6.45, 7) is 7.84. The van der Waals surface area contributed by atoms with Gasteiger partial charge in [0.25, 0.3) is 0 Å². The summed E-state index contributed by atoms with van der Waals surface area (Å²) in [7, 11) is 0. The molecule has 5 heteroatoms. The second kappa shape index (κ2) is 10.6. The smallest absolute Gasteiger partial charge is 0.415 e. The minimum absolute atomic E-state index is 0.109. The maximum absolute atomic E-state index is 13.3. The fraction of sp³-hybridized carbons (Fsp3) is 0.259. The van der Waals surface area contributed by atoms with Gasteiger partial charge in [0.05, 0.1) is 12.3 Å². The molecular formula is C27H29NO4. The van der Waals surface area contributed by atoms with E-state index >= 15 is 0 Å². The van der Waals surface area contributed by atoms with Gasteiger partial charge in [-0.15, -0.1) is 0 Å². The third-order valence-corrected chi connectivity index (χ3v) is 5.40. The molecule has 0 fully saturated rings. The summed E-state index contributed by atoms with van der Waals surface area (Å²) >= 11 is 0. The number of carbonyl (C=O) groups is 2. The molecule has 5 nitrogen and oxygen atoms in total. The zero-order valence-electron chi connectivity index (χ0n) is 19.0. The summed E-state index contributed by atoms with van der Waals surface area (Å²) in [5.41, 5.74) is 5.59. The van der Waals surface area contributed by atoms with E-state index in [2.05, 4.69) is 19.9 Å². The van der Waals surface area contributed by atoms with E-state index in [1.807, 2.05) is 66.7 Å². The first-order chi connectivity index (χ1) is 15.4. The Bertz CT molecular complexity index is 1080. The second-order valence-electron chi connectivity index (χ2n) is 7.65. The third-order valence-electron chi connectivity index (χ3n) is 5.40. The Morgan fingerprint density at radius 2 is 1.56 bits per heavy atom. The van der Waals surface area contributed by atoms with Gasteiger partial charge in [-0.05, 0) is 56.0 Å². The van der Waals surface area contributed by atoms with Crippen molar-refractivity contribution < 1.29 is 19.1 Å². The molecular weight excluding hydrogens is 402 g/mol. The Morgan fingerprint density at radius 1 is 0.875 bits per heavy atom. The Balaban J connectivity index is 2.00. The molecule has 32 heavy (non-hydrogen) atoms. The lowest BCUT2D eigenvalue weighted by Gasteiger charge is -2.29. The number of aryl methyl sites for hydroxylation is 2. The summed E-state index contributed by atoms with van der Waals surface area (Å²) < 4.78 is 10.8. The number of nitrogens with zero attached hydrogens (tertiary/aromatic N) is 1. The number of esters is 1. The Labute approximate surface area is 189 Å². The van der Waals surface area contributed by atoms with Crippen LogP contribution in [0.25, 0.3) is 11.1 Å². The van der Waals surface area contributed by atoms with Gasteiger partial charge in [-0.2, -0.15) is 0 Å². The van der Waals surface area contributed by atoms with E-state index in [1.54, 1.807) is 13.8 Å². The van der Waals surface area contributed by atoms with Crippen molar-refractivity contribution in [2.75, 3.05) is 11.5 Å². The van der Waals surface area contributed by atoms with Gasteiger partial charge in [-0.25, -0.2) is 9.59 Å². The molecule has 0 aliphatic carbocycles. The molecule has 3 rings (SSSR count). The van der Waals surface area contributed by atoms with Gasteiger partial charge < -0.3 is 9.47 Å². The maximum Gasteiger partial charge on any atom is 0.415 e. The van der Waals surface area contributed by atoms with E-state index in [0.717, 1.165) is 22.3 Å². The highest BCUT2D eigenvalue weighted by molar-refractivity contribution is 5.99. The van der Waals surface area contributed by atoms with E-state index in [-0.39, 0.29) is 13.2 Å². The number of para-hydroxylation sites is 1. The highest BCUT2D eigenvalue weighted by Crippen LogP contribution is 2.33. The molecule has 0 bridgehead atoms. The fourth-order valence-electron chi connectivity index (χ4n) is 3.46. The van der Waals surface area contributed by atoms with E-state index in [1.165, 1.54) is 10.5 Å². The third kappa shape index (κ3) is 5.35. The number of amides is 1. The van der Waals surface area contributed by atoms with Crippen LogP contribution in [0, 0.1) is 13.8 Å². The van der Waals surface area contributed by atoms with Gasteiger partial charge in [0.2, 0.25) is 0 Å². The molecule has 0 saturated heterocycles. The SMILES string of the molecule is CCOC(=O)[C@H](C)N(C(=O)OCc1ccccc1)c1ccccc1-c1ccc(C)c(C)c1. The van der Waals surface area contributed by atoms with Crippen molar-refractivity contribution >= 4 is 17.7 Å². The summed E-state index contributed by atoms with van der Waals surface area (Å²) in [5.74, 6) is -0.487. The van der Waals surface area contributed by atoms with Crippen molar-refractivity contribution in [1.29, 1.82) is 0 Å². The Kier molecular flexibility index (Phi) is 7.66. The second-order valence-corrected chi connectivity index (χ2v) is 7.65. The minimum atomic E-state index is -0.856. The van der Waals surface area contributed by atoms with Gasteiger partial charge in [0.15, 0.2) is 0 Å². The topological polar surface area (TPSA) is 55.8 Å². The normalized spacial score (nSPS) is 11.5. The average Bonchev–Trinajstić information content (AvgIpc) is 2.81. The molecule has 3 aromatic rings. The van der Waals surface area contributed by atoms with E-state index in [0.29, 0.717) is 5.69 Å². The van der Waals surface area contributed by atoms with Crippen molar-refractivity contribution in [3.05, 3.63) is 89.5 Å². The van der Waals surface area contributed by atoms with Crippen LogP contribution in [0.15, 0.2) is 72.8 Å². The number of hydrogen-bond acceptors (Lipinski definition) is 4. The monoisotopic (exact) mass is 431 g/mol. The number of ether oxygens (including phenoxy) is 2. The summed E-state index contributed by atoms with van der Waals surface area (Å²) in [5, 5.41) is 0. The van der Waals surface area contributed by atoms with Gasteiger partial charge in [-0.3, -0.25) is 4.90 Å². The van der Waals surface area contributed by atoms with E-state index in [4.69, 9.17) is 9.47 Å². The van der Waals surface area contributed by atoms with Crippen LogP contribution in [0.1, 0.15) is 30.5 Å². The quantitative estimate of drug-likeness (QED) is 0.426. The van der Waals surface area contributed by atoms with Crippen molar-refractivity contribution in [3.63, 3.8) is 0 Å². The molecule has 0 aromatic heterocycles. The summed E-state index contributed by atoms with van der Waals surface area (Å²) in [4.78, 5) is 27.3. The first kappa shape index (κ1) is 23.1. The number of rotatable bonds is 7. The van der Waals surface area contributed by atoms with Gasteiger partial charge in [0.1, 0.15) is 12.6 Å². The predicted molar refractivity (Wildman–Crippen MR) is 127 cm³/mol. The molecule has 0 heterocycles. The van der Waals surface area contributed by atoms with Crippen molar-refractivity contribution in [2.24, 2.45) is 0 Å². The molecule has 0 saturated carbocycles. The van der Waals surface area contributed by atoms with Gasteiger partial charge >= 0.3 is 12.1 Å². The lowest BCUT2D eigenvalue weighted by Crippen LogP contribution is -2.45. The lowest BCUT2D eigenvalue weighted by atomic mass is 9.98. The standard InChI is InChI=1S/C27H29NO4/c1-5-31-26(29)21(4)28(27(30)32-18-22-11-7-6-8-12-22)25-14-10-9-13-24(25)23-16-15-19(2)20(3)17-23/h6-17,21H,5,18H2,1-4H3/t21-/m0/s1. The van der Waals surface area contributed by atoms with Gasteiger partial charge in [0, 0.05) is 5.56 Å². The predicted octanol–water partition coefficient (Wildman–Crippen LogP) is 6.07. The van der Waals surface area contributed by atoms with Crippen LogP contribution in [0.4, 0.5) is 10.5 Å². The number of anilines is 1. The summed E-state index contributed by atoms with van der Waals surface area (Å²) in [6, 6.07) is 22.3. The van der Waals surface area contributed by atoms with Crippen LogP contribution in [-0.2, 0) is 20.9 Å². The number of hydrogen-bond donors (Lipinski definition) is 0. The molecule has 0 radical (unpaired) electrons. The molecule has 0 unspecified atom stereocenters. The zero-order chi connectivity index (χ0) is 23.1. The highest BCUT2D eigenvalue weighted by Gasteiger charge is 2.31. The lowest BCUT2D eigenvalue weighted by molar-refractivity contribution is -0.144. The molecule has 166 valence electrons. The molecule has 1 amide bonds. The van der Waals surface area contributed by atoms with Crippen LogP contribution in [0.5, 0.6) is 0 Å². The fourth-order valence-corrected chi connectivity index (χ4v) is 3.46. The maximum atomic E-state index is 13.3. The van der Waals surface area contributed by atoms with Crippen LogP contribution >= 0.6 is 0 Å². The van der Waals surface area contributed by atoms with Crippen molar-refractivity contribution in [3.8, 4) is 11.1 Å². The molecule has 0 spiro atoms. The van der Waals surface area contributed by atoms with Crippen LogP contribution in [0.3, 0.4) is 0 Å². The van der Waals surface area contributed by atoms with E-state index in [9.17, 15) is 9.59 Å². The van der Waals surface area contributed by atoms with Crippen LogP contribution < -0.4 is 4.90 Å². The Morgan fingerprint density at radius 3 is 2.25 bits per heavy atom. The van der Waals surface area contributed by atoms with E-state index < -0.39 is 18.1 Å². The molecule has 0 N–H and O–H groups in total. The average molecular weight is 432 g/mol. The molecule has 0 aliphatic heterocycles. The van der Waals surface area contributed by atoms with Crippen LogP contribution in [-0.4, -0.2) is 24.7 Å². The number of carbonyl (C=O) groups excluding carboxylic acids is 2. The minimum Gasteiger partial charge on any atom is -0.464 e. The summed E-state index contributed by atoms with van der Waals surface area (Å²) in [6.07, 6.45) is -0.606.